The van der Waals surface area contributed by atoms with Gasteiger partial charge in [-0.2, -0.15) is 0 Å². The second-order valence-electron chi connectivity index (χ2n) is 7.13. The fraction of sp³-hybridized carbons (Fsp3) is 0.300. The number of aromatic nitrogens is 2. The van der Waals surface area contributed by atoms with Gasteiger partial charge in [-0.15, -0.1) is 0 Å². The molecule has 0 aliphatic carbocycles. The lowest BCUT2D eigenvalue weighted by molar-refractivity contribution is -0.138. The molecule has 1 aliphatic heterocycles. The molecule has 152 valence electrons. The lowest BCUT2D eigenvalue weighted by atomic mass is 10.0. The van der Waals surface area contributed by atoms with Crippen molar-refractivity contribution in [3.05, 3.63) is 47.2 Å². The molecule has 0 saturated carbocycles. The first-order valence-electron chi connectivity index (χ1n) is 9.12. The molecule has 3 heterocycles. The van der Waals surface area contributed by atoms with Crippen molar-refractivity contribution in [2.75, 3.05) is 6.26 Å². The van der Waals surface area contributed by atoms with E-state index in [9.17, 15) is 18.3 Å². The van der Waals surface area contributed by atoms with E-state index in [1.807, 2.05) is 16.7 Å². The summed E-state index contributed by atoms with van der Waals surface area (Å²) in [5.74, 6) is -0.879. The van der Waals surface area contributed by atoms with Crippen LogP contribution in [0.3, 0.4) is 0 Å². The molecule has 3 aromatic rings. The fourth-order valence-corrected chi connectivity index (χ4v) is 6.10. The van der Waals surface area contributed by atoms with Gasteiger partial charge in [-0.25, -0.2) is 13.4 Å². The van der Waals surface area contributed by atoms with Gasteiger partial charge in [0.25, 0.3) is 0 Å². The van der Waals surface area contributed by atoms with Crippen molar-refractivity contribution in [3.63, 3.8) is 0 Å². The number of benzene rings is 1. The van der Waals surface area contributed by atoms with Gasteiger partial charge in [-0.3, -0.25) is 4.79 Å². The van der Waals surface area contributed by atoms with Crippen LogP contribution in [-0.2, 0) is 21.1 Å². The van der Waals surface area contributed by atoms with E-state index in [2.05, 4.69) is 4.98 Å². The van der Waals surface area contributed by atoms with Gasteiger partial charge in [0.1, 0.15) is 5.65 Å². The molecule has 0 amide bonds. The molecule has 1 atom stereocenters. The number of hydrogen-bond donors (Lipinski definition) is 1. The molecular formula is C20H19ClN2O4S2. The molecule has 0 bridgehead atoms. The molecule has 0 spiro atoms. The fourth-order valence-electron chi connectivity index (χ4n) is 3.91. The predicted octanol–water partition coefficient (Wildman–Crippen LogP) is 4.60. The molecule has 29 heavy (non-hydrogen) atoms. The van der Waals surface area contributed by atoms with Gasteiger partial charge in [-0.05, 0) is 49.6 Å². The second-order valence-corrected chi connectivity index (χ2v) is 10.6. The van der Waals surface area contributed by atoms with Gasteiger partial charge in [0.2, 0.25) is 0 Å². The van der Waals surface area contributed by atoms with Gasteiger partial charge in [-0.1, -0.05) is 23.4 Å². The van der Waals surface area contributed by atoms with Crippen LogP contribution in [0.15, 0.2) is 51.2 Å². The van der Waals surface area contributed by atoms with Crippen molar-refractivity contribution in [3.8, 4) is 0 Å². The van der Waals surface area contributed by atoms with Crippen LogP contribution in [0.5, 0.6) is 0 Å². The maximum Gasteiger partial charge on any atom is 0.305 e. The molecule has 1 unspecified atom stereocenters. The zero-order valence-corrected chi connectivity index (χ0v) is 18.0. The highest BCUT2D eigenvalue weighted by Gasteiger charge is 2.31. The highest BCUT2D eigenvalue weighted by molar-refractivity contribution is 7.99. The third kappa shape index (κ3) is 3.89. The van der Waals surface area contributed by atoms with Crippen LogP contribution in [0.2, 0.25) is 5.02 Å². The van der Waals surface area contributed by atoms with E-state index in [-0.39, 0.29) is 17.4 Å². The lowest BCUT2D eigenvalue weighted by Gasteiger charge is -2.26. The quantitative estimate of drug-likeness (QED) is 0.611. The molecular weight excluding hydrogens is 432 g/mol. The van der Waals surface area contributed by atoms with E-state index in [1.54, 1.807) is 12.1 Å². The monoisotopic (exact) mass is 450 g/mol. The van der Waals surface area contributed by atoms with Crippen molar-refractivity contribution < 1.29 is 18.3 Å². The minimum atomic E-state index is -3.50. The number of sulfone groups is 1. The van der Waals surface area contributed by atoms with Crippen molar-refractivity contribution in [2.45, 2.75) is 46.4 Å². The zero-order chi connectivity index (χ0) is 20.8. The Kier molecular flexibility index (Phi) is 5.35. The predicted molar refractivity (Wildman–Crippen MR) is 113 cm³/mol. The molecule has 0 saturated heterocycles. The number of aliphatic carboxylic acids is 1. The Labute approximate surface area is 177 Å². The minimum Gasteiger partial charge on any atom is -0.481 e. The molecule has 1 N–H and O–H groups in total. The number of hydrogen-bond acceptors (Lipinski definition) is 5. The van der Waals surface area contributed by atoms with Crippen LogP contribution in [0.25, 0.3) is 11.0 Å². The standard InChI is InChI=1S/C20H19ClN2O4S2/c1-29(26,27)16-9-10-22-20-18(16)19(28-14-7-5-12(21)6-8-14)15-4-2-3-13(23(15)20)11-17(24)25/h5-10,13H,2-4,11H2,1H3,(H,24,25). The second kappa shape index (κ2) is 7.66. The molecule has 6 nitrogen and oxygen atoms in total. The average molecular weight is 451 g/mol. The van der Waals surface area contributed by atoms with E-state index in [0.717, 1.165) is 34.7 Å². The first-order chi connectivity index (χ1) is 13.8. The summed E-state index contributed by atoms with van der Waals surface area (Å²) >= 11 is 7.47. The Morgan fingerprint density at radius 1 is 1.31 bits per heavy atom. The van der Waals surface area contributed by atoms with Gasteiger partial charge in [0.05, 0.1) is 16.7 Å². The summed E-state index contributed by atoms with van der Waals surface area (Å²) < 4.78 is 27.0. The van der Waals surface area contributed by atoms with E-state index >= 15 is 0 Å². The molecule has 4 rings (SSSR count). The number of halogens is 1. The maximum absolute atomic E-state index is 12.5. The van der Waals surface area contributed by atoms with Crippen LogP contribution in [0.1, 0.15) is 31.0 Å². The Bertz CT molecular complexity index is 1200. The van der Waals surface area contributed by atoms with E-state index in [0.29, 0.717) is 16.1 Å². The van der Waals surface area contributed by atoms with Gasteiger partial charge >= 0.3 is 5.97 Å². The highest BCUT2D eigenvalue weighted by Crippen LogP contribution is 2.45. The first kappa shape index (κ1) is 20.3. The molecule has 9 heteroatoms. The minimum absolute atomic E-state index is 0.0212. The number of pyridine rings is 1. The largest absolute Gasteiger partial charge is 0.481 e. The Balaban J connectivity index is 2.00. The topological polar surface area (TPSA) is 89.3 Å². The zero-order valence-electron chi connectivity index (χ0n) is 15.6. The van der Waals surface area contributed by atoms with Crippen LogP contribution >= 0.6 is 23.4 Å². The van der Waals surface area contributed by atoms with Crippen LogP contribution in [0, 0.1) is 0 Å². The summed E-state index contributed by atoms with van der Waals surface area (Å²) in [6, 6.07) is 8.62. The number of carbonyl (C=O) groups is 1. The summed E-state index contributed by atoms with van der Waals surface area (Å²) in [4.78, 5) is 17.9. The number of carboxylic acid groups (broad SMARTS) is 1. The summed E-state index contributed by atoms with van der Waals surface area (Å²) in [7, 11) is -3.50. The van der Waals surface area contributed by atoms with Gasteiger partial charge < -0.3 is 9.67 Å². The molecule has 0 radical (unpaired) electrons. The number of fused-ring (bicyclic) bond motifs is 3. The van der Waals surface area contributed by atoms with Crippen LogP contribution in [0.4, 0.5) is 0 Å². The normalized spacial score (nSPS) is 16.7. The third-order valence-corrected chi connectivity index (χ3v) is 7.60. The Morgan fingerprint density at radius 2 is 2.03 bits per heavy atom. The molecule has 2 aromatic heterocycles. The average Bonchev–Trinajstić information content (AvgIpc) is 2.97. The van der Waals surface area contributed by atoms with E-state index in [1.165, 1.54) is 30.3 Å². The van der Waals surface area contributed by atoms with Crippen molar-refractivity contribution in [2.24, 2.45) is 0 Å². The molecule has 1 aliphatic rings. The maximum atomic E-state index is 12.5. The smallest absolute Gasteiger partial charge is 0.305 e. The highest BCUT2D eigenvalue weighted by atomic mass is 35.5. The third-order valence-electron chi connectivity index (χ3n) is 5.06. The number of nitrogens with zero attached hydrogens (tertiary/aromatic N) is 2. The summed E-state index contributed by atoms with van der Waals surface area (Å²) in [5.41, 5.74) is 1.48. The molecule has 0 fully saturated rings. The SMILES string of the molecule is CS(=O)(=O)c1ccnc2c1c(Sc1ccc(Cl)cc1)c1n2C(CC(=O)O)CCC1. The van der Waals surface area contributed by atoms with Crippen LogP contribution in [-0.4, -0.2) is 35.3 Å². The van der Waals surface area contributed by atoms with Crippen molar-refractivity contribution in [1.29, 1.82) is 0 Å². The number of carboxylic acids is 1. The first-order valence-corrected chi connectivity index (χ1v) is 12.2. The Morgan fingerprint density at radius 3 is 2.69 bits per heavy atom. The van der Waals surface area contributed by atoms with Crippen molar-refractivity contribution >= 4 is 50.2 Å². The molecule has 1 aromatic carbocycles. The van der Waals surface area contributed by atoms with Gasteiger partial charge in [0, 0.05) is 39.0 Å². The number of rotatable bonds is 5. The van der Waals surface area contributed by atoms with Gasteiger partial charge in [0.15, 0.2) is 9.84 Å². The van der Waals surface area contributed by atoms with Crippen molar-refractivity contribution in [1.82, 2.24) is 9.55 Å². The summed E-state index contributed by atoms with van der Waals surface area (Å²) in [6.45, 7) is 0. The Hall–Kier alpha value is -2.03. The summed E-state index contributed by atoms with van der Waals surface area (Å²) in [6.07, 6.45) is 4.95. The lowest BCUT2D eigenvalue weighted by Crippen LogP contribution is -2.20. The van der Waals surface area contributed by atoms with Crippen LogP contribution < -0.4 is 0 Å². The van der Waals surface area contributed by atoms with E-state index < -0.39 is 15.8 Å². The summed E-state index contributed by atoms with van der Waals surface area (Å²) in [5, 5.41) is 10.6. The van der Waals surface area contributed by atoms with E-state index in [4.69, 9.17) is 11.6 Å².